The second-order valence-corrected chi connectivity index (χ2v) is 17.0. The van der Waals surface area contributed by atoms with Crippen molar-refractivity contribution in [3.05, 3.63) is 48.0 Å². The summed E-state index contributed by atoms with van der Waals surface area (Å²) in [6, 6.07) is 10.8. The van der Waals surface area contributed by atoms with E-state index < -0.39 is 8.32 Å². The highest BCUT2D eigenvalue weighted by Crippen LogP contribution is 2.45. The maximum Gasteiger partial charge on any atom is 0.306 e. The van der Waals surface area contributed by atoms with Crippen LogP contribution in [0.15, 0.2) is 42.5 Å². The number of allylic oxidation sites excluding steroid dienone is 2. The quantitative estimate of drug-likeness (QED) is 0.212. The average molecular weight is 485 g/mol. The third kappa shape index (κ3) is 7.55. The molecule has 190 valence electrons. The molecule has 1 heterocycles. The zero-order valence-electron chi connectivity index (χ0n) is 22.5. The Kier molecular flexibility index (Phi) is 9.63. The van der Waals surface area contributed by atoms with Crippen molar-refractivity contribution in [1.82, 2.24) is 0 Å². The topological polar surface area (TPSA) is 35.5 Å². The fourth-order valence-electron chi connectivity index (χ4n) is 5.54. The lowest BCUT2D eigenvalue weighted by Gasteiger charge is -2.40. The van der Waals surface area contributed by atoms with E-state index in [9.17, 15) is 4.79 Å². The first-order chi connectivity index (χ1) is 16.1. The molecular weight excluding hydrogens is 436 g/mol. The van der Waals surface area contributed by atoms with Crippen LogP contribution in [0.1, 0.15) is 84.6 Å². The van der Waals surface area contributed by atoms with E-state index in [-0.39, 0.29) is 23.2 Å². The van der Waals surface area contributed by atoms with Crippen molar-refractivity contribution in [3.8, 4) is 0 Å². The maximum atomic E-state index is 12.3. The highest BCUT2D eigenvalue weighted by molar-refractivity contribution is 6.74. The van der Waals surface area contributed by atoms with Crippen LogP contribution in [-0.2, 0) is 20.4 Å². The molecule has 3 nitrogen and oxygen atoms in total. The van der Waals surface area contributed by atoms with Crippen LogP contribution in [0.5, 0.6) is 0 Å². The Hall–Kier alpha value is -1.39. The van der Waals surface area contributed by atoms with E-state index in [1.165, 1.54) is 5.56 Å². The number of fused-ring (bicyclic) bond motifs is 1. The lowest BCUT2D eigenvalue weighted by atomic mass is 9.83. The van der Waals surface area contributed by atoms with Crippen LogP contribution < -0.4 is 0 Å². The minimum Gasteiger partial charge on any atom is -0.462 e. The molecule has 34 heavy (non-hydrogen) atoms. The Labute approximate surface area is 209 Å². The highest BCUT2D eigenvalue weighted by Gasteiger charge is 2.43. The van der Waals surface area contributed by atoms with Crippen LogP contribution in [0.2, 0.25) is 18.1 Å². The highest BCUT2D eigenvalue weighted by atomic mass is 28.4. The predicted molar refractivity (Wildman–Crippen MR) is 144 cm³/mol. The summed E-state index contributed by atoms with van der Waals surface area (Å²) in [4.78, 5) is 12.3. The molecule has 1 aliphatic heterocycles. The fraction of sp³-hybridized carbons (Fsp3) is 0.700. The van der Waals surface area contributed by atoms with Gasteiger partial charge in [0.15, 0.2) is 8.32 Å². The van der Waals surface area contributed by atoms with Gasteiger partial charge in [0, 0.05) is 18.4 Å². The first-order valence-corrected chi connectivity index (χ1v) is 16.5. The van der Waals surface area contributed by atoms with E-state index in [0.29, 0.717) is 24.2 Å². The van der Waals surface area contributed by atoms with Crippen molar-refractivity contribution in [3.63, 3.8) is 0 Å². The van der Waals surface area contributed by atoms with Gasteiger partial charge in [0.2, 0.25) is 0 Å². The molecule has 3 rings (SSSR count). The normalized spacial score (nSPS) is 28.1. The number of hydrogen-bond acceptors (Lipinski definition) is 3. The maximum absolute atomic E-state index is 12.3. The van der Waals surface area contributed by atoms with Gasteiger partial charge < -0.3 is 9.16 Å². The van der Waals surface area contributed by atoms with E-state index in [2.05, 4.69) is 83.3 Å². The molecular formula is C30H48O3Si. The summed E-state index contributed by atoms with van der Waals surface area (Å²) in [5.41, 5.74) is 1.39. The third-order valence-corrected chi connectivity index (χ3v) is 13.2. The minimum atomic E-state index is -1.85. The van der Waals surface area contributed by atoms with E-state index >= 15 is 0 Å². The zero-order chi connectivity index (χ0) is 24.8. The van der Waals surface area contributed by atoms with Gasteiger partial charge in [0.25, 0.3) is 0 Å². The van der Waals surface area contributed by atoms with E-state index in [4.69, 9.17) is 9.16 Å². The molecule has 0 N–H and O–H groups in total. The number of carbonyl (C=O) groups excluding carboxylic acids is 1. The summed E-state index contributed by atoms with van der Waals surface area (Å²) >= 11 is 0. The molecule has 0 aromatic heterocycles. The zero-order valence-corrected chi connectivity index (χ0v) is 23.5. The summed E-state index contributed by atoms with van der Waals surface area (Å²) in [5, 5.41) is 0.207. The summed E-state index contributed by atoms with van der Waals surface area (Å²) in [7, 11) is -1.85. The van der Waals surface area contributed by atoms with E-state index in [1.54, 1.807) is 0 Å². The van der Waals surface area contributed by atoms with Crippen LogP contribution in [0.4, 0.5) is 0 Å². The van der Waals surface area contributed by atoms with Gasteiger partial charge in [-0.25, -0.2) is 0 Å². The first kappa shape index (κ1) is 27.2. The van der Waals surface area contributed by atoms with Crippen LogP contribution in [-0.4, -0.2) is 26.5 Å². The molecule has 1 aliphatic carbocycles. The molecule has 0 spiro atoms. The van der Waals surface area contributed by atoms with Gasteiger partial charge in [-0.2, -0.15) is 0 Å². The second-order valence-electron chi connectivity index (χ2n) is 12.3. The number of rotatable bonds is 8. The number of hydrogen-bond donors (Lipinski definition) is 0. The molecule has 0 unspecified atom stereocenters. The van der Waals surface area contributed by atoms with Crippen molar-refractivity contribution in [2.75, 3.05) is 0 Å². The predicted octanol–water partition coefficient (Wildman–Crippen LogP) is 8.10. The van der Waals surface area contributed by atoms with Gasteiger partial charge in [0.1, 0.15) is 6.10 Å². The molecule has 2 aliphatic rings. The third-order valence-electron chi connectivity index (χ3n) is 8.66. The van der Waals surface area contributed by atoms with Crippen molar-refractivity contribution in [1.29, 1.82) is 0 Å². The van der Waals surface area contributed by atoms with E-state index in [0.717, 1.165) is 51.4 Å². The first-order valence-electron chi connectivity index (χ1n) is 13.6. The molecule has 0 amide bonds. The molecule has 1 aromatic carbocycles. The molecule has 1 aromatic rings. The molecule has 0 bridgehead atoms. The number of ether oxygens (including phenoxy) is 1. The van der Waals surface area contributed by atoms with Crippen molar-refractivity contribution >= 4 is 14.3 Å². The Balaban J connectivity index is 1.70. The van der Waals surface area contributed by atoms with Crippen LogP contribution in [0, 0.1) is 17.8 Å². The lowest BCUT2D eigenvalue weighted by Crippen LogP contribution is -2.44. The number of carbonyl (C=O) groups is 1. The number of benzene rings is 1. The Morgan fingerprint density at radius 1 is 1.12 bits per heavy atom. The smallest absolute Gasteiger partial charge is 0.306 e. The monoisotopic (exact) mass is 484 g/mol. The molecule has 5 atom stereocenters. The van der Waals surface area contributed by atoms with Crippen molar-refractivity contribution in [2.24, 2.45) is 17.8 Å². The fourth-order valence-corrected chi connectivity index (χ4v) is 6.97. The molecule has 1 fully saturated rings. The second kappa shape index (κ2) is 12.0. The number of esters is 1. The molecule has 0 radical (unpaired) electrons. The molecule has 1 saturated carbocycles. The summed E-state index contributed by atoms with van der Waals surface area (Å²) < 4.78 is 13.0. The van der Waals surface area contributed by atoms with Gasteiger partial charge in [0.05, 0.1) is 0 Å². The van der Waals surface area contributed by atoms with Gasteiger partial charge in [-0.15, -0.1) is 0 Å². The average Bonchev–Trinajstić information content (AvgIpc) is 3.06. The minimum absolute atomic E-state index is 0.000137. The van der Waals surface area contributed by atoms with Crippen molar-refractivity contribution in [2.45, 2.75) is 116 Å². The van der Waals surface area contributed by atoms with Crippen molar-refractivity contribution < 1.29 is 14.0 Å². The largest absolute Gasteiger partial charge is 0.462 e. The van der Waals surface area contributed by atoms with Crippen LogP contribution in [0.3, 0.4) is 0 Å². The standard InChI is InChI=1S/C30H48O3Si/c1-23-22-28-27(16-12-7-8-13-17-29(31)32-28)26(23)21-20-25(33-34(5,6)30(2,3)4)19-18-24-14-10-9-11-15-24/h7,9-12,14-15,23,25-28H,8,13,16-22H2,1-6H3/b12-7-/t23-,25+,26+,27-,28+/m1/s1. The van der Waals surface area contributed by atoms with Gasteiger partial charge in [-0.1, -0.05) is 70.2 Å². The summed E-state index contributed by atoms with van der Waals surface area (Å²) in [6.45, 7) is 14.1. The van der Waals surface area contributed by atoms with Gasteiger partial charge in [-0.05, 0) is 86.9 Å². The van der Waals surface area contributed by atoms with Gasteiger partial charge in [-0.3, -0.25) is 4.79 Å². The van der Waals surface area contributed by atoms with Crippen LogP contribution >= 0.6 is 0 Å². The Morgan fingerprint density at radius 2 is 1.85 bits per heavy atom. The Morgan fingerprint density at radius 3 is 2.56 bits per heavy atom. The summed E-state index contributed by atoms with van der Waals surface area (Å²) in [6.07, 6.45) is 13.8. The van der Waals surface area contributed by atoms with E-state index in [1.807, 2.05) is 0 Å². The molecule has 4 heteroatoms. The lowest BCUT2D eigenvalue weighted by molar-refractivity contribution is -0.151. The summed E-state index contributed by atoms with van der Waals surface area (Å²) in [5.74, 6) is 1.61. The number of aryl methyl sites for hydroxylation is 1. The SMILES string of the molecule is C[C@@H]1C[C@@H]2OC(=O)CCC/C=C\C[C@@H]2[C@H]1CC[C@H](CCc1ccccc1)O[Si](C)(C)C(C)(C)C. The Bertz CT molecular complexity index is 795. The molecule has 0 saturated heterocycles. The van der Waals surface area contributed by atoms with Crippen LogP contribution in [0.25, 0.3) is 0 Å². The van der Waals surface area contributed by atoms with Gasteiger partial charge >= 0.3 is 5.97 Å².